The van der Waals surface area contributed by atoms with Crippen molar-refractivity contribution in [2.75, 3.05) is 5.32 Å². The van der Waals surface area contributed by atoms with Gasteiger partial charge in [-0.3, -0.25) is 0 Å². The zero-order valence-electron chi connectivity index (χ0n) is 12.1. The van der Waals surface area contributed by atoms with Crippen LogP contribution in [0.3, 0.4) is 0 Å². The second kappa shape index (κ2) is 5.29. The molecule has 3 rings (SSSR count). The van der Waals surface area contributed by atoms with Crippen molar-refractivity contribution in [1.29, 1.82) is 0 Å². The molecule has 0 fully saturated rings. The lowest BCUT2D eigenvalue weighted by Gasteiger charge is -2.08. The summed E-state index contributed by atoms with van der Waals surface area (Å²) in [6.45, 7) is 8.45. The average Bonchev–Trinajstić information content (AvgIpc) is 3.00. The zero-order valence-corrected chi connectivity index (χ0v) is 12.9. The minimum Gasteiger partial charge on any atom is -0.381 e. The molecule has 0 amide bonds. The Morgan fingerprint density at radius 2 is 2.10 bits per heavy atom. The third kappa shape index (κ3) is 2.31. The van der Waals surface area contributed by atoms with E-state index in [1.165, 1.54) is 21.7 Å². The molecule has 1 aromatic carbocycles. The van der Waals surface area contributed by atoms with Crippen LogP contribution >= 0.6 is 11.3 Å². The zero-order chi connectivity index (χ0) is 14.1. The van der Waals surface area contributed by atoms with Crippen LogP contribution in [0.25, 0.3) is 10.2 Å². The molecule has 0 aliphatic heterocycles. The predicted octanol–water partition coefficient (Wildman–Crippen LogP) is 4.35. The molecule has 2 heterocycles. The summed E-state index contributed by atoms with van der Waals surface area (Å²) < 4.78 is 3.58. The van der Waals surface area contributed by atoms with Crippen molar-refractivity contribution in [2.24, 2.45) is 0 Å². The highest BCUT2D eigenvalue weighted by Gasteiger charge is 2.07. The number of hydrogen-bond acceptors (Lipinski definition) is 3. The maximum atomic E-state index is 4.31. The Balaban J connectivity index is 1.78. The lowest BCUT2D eigenvalue weighted by molar-refractivity contribution is 0.715. The minimum absolute atomic E-state index is 0.865. The Morgan fingerprint density at radius 3 is 2.85 bits per heavy atom. The number of fused-ring (bicyclic) bond motifs is 1. The van der Waals surface area contributed by atoms with Crippen LogP contribution in [0.2, 0.25) is 0 Å². The summed E-state index contributed by atoms with van der Waals surface area (Å²) in [6.07, 6.45) is 0. The summed E-state index contributed by atoms with van der Waals surface area (Å²) >= 11 is 1.68. The van der Waals surface area contributed by atoms with E-state index in [1.807, 2.05) is 5.51 Å². The lowest BCUT2D eigenvalue weighted by atomic mass is 10.2. The molecule has 0 aliphatic rings. The molecule has 0 saturated heterocycles. The van der Waals surface area contributed by atoms with E-state index < -0.39 is 0 Å². The molecule has 0 aliphatic carbocycles. The maximum Gasteiger partial charge on any atom is 0.0813 e. The molecule has 0 radical (unpaired) electrons. The van der Waals surface area contributed by atoms with E-state index in [4.69, 9.17) is 0 Å². The van der Waals surface area contributed by atoms with E-state index in [0.29, 0.717) is 0 Å². The summed E-state index contributed by atoms with van der Waals surface area (Å²) in [5.41, 5.74) is 8.18. The van der Waals surface area contributed by atoms with Crippen molar-refractivity contribution in [3.63, 3.8) is 0 Å². The number of rotatable bonds is 4. The third-order valence-electron chi connectivity index (χ3n) is 3.81. The molecule has 0 unspecified atom stereocenters. The molecule has 104 valence electrons. The Kier molecular flexibility index (Phi) is 3.49. The quantitative estimate of drug-likeness (QED) is 0.772. The predicted molar refractivity (Wildman–Crippen MR) is 86.5 cm³/mol. The Hall–Kier alpha value is -1.81. The van der Waals surface area contributed by atoms with Crippen LogP contribution in [0.1, 0.15) is 23.9 Å². The van der Waals surface area contributed by atoms with Crippen molar-refractivity contribution in [3.8, 4) is 0 Å². The third-order valence-corrected chi connectivity index (χ3v) is 4.60. The first-order valence-corrected chi connectivity index (χ1v) is 7.79. The number of aromatic nitrogens is 2. The van der Waals surface area contributed by atoms with E-state index >= 15 is 0 Å². The summed E-state index contributed by atoms with van der Waals surface area (Å²) in [7, 11) is 0. The fourth-order valence-electron chi connectivity index (χ4n) is 2.70. The largest absolute Gasteiger partial charge is 0.381 e. The molecular weight excluding hydrogens is 266 g/mol. The minimum atomic E-state index is 0.865. The van der Waals surface area contributed by atoms with Crippen LogP contribution in [-0.4, -0.2) is 9.55 Å². The summed E-state index contributed by atoms with van der Waals surface area (Å²) in [6, 6.07) is 8.62. The molecule has 0 spiro atoms. The van der Waals surface area contributed by atoms with Gasteiger partial charge in [-0.05, 0) is 50.6 Å². The first kappa shape index (κ1) is 13.2. The van der Waals surface area contributed by atoms with Gasteiger partial charge in [0.1, 0.15) is 0 Å². The van der Waals surface area contributed by atoms with Gasteiger partial charge in [0.2, 0.25) is 0 Å². The topological polar surface area (TPSA) is 29.9 Å². The van der Waals surface area contributed by atoms with Crippen molar-refractivity contribution in [3.05, 3.63) is 46.7 Å². The first-order chi connectivity index (χ1) is 9.69. The van der Waals surface area contributed by atoms with Gasteiger partial charge in [-0.1, -0.05) is 0 Å². The molecular formula is C16H19N3S. The number of aryl methyl sites for hydroxylation is 1. The molecule has 20 heavy (non-hydrogen) atoms. The molecule has 2 aromatic heterocycles. The van der Waals surface area contributed by atoms with Crippen LogP contribution in [0.5, 0.6) is 0 Å². The van der Waals surface area contributed by atoms with Gasteiger partial charge in [0.05, 0.1) is 15.7 Å². The van der Waals surface area contributed by atoms with Crippen molar-refractivity contribution in [2.45, 2.75) is 33.9 Å². The van der Waals surface area contributed by atoms with Gasteiger partial charge in [0, 0.05) is 30.2 Å². The number of benzene rings is 1. The van der Waals surface area contributed by atoms with Crippen LogP contribution < -0.4 is 5.32 Å². The van der Waals surface area contributed by atoms with Gasteiger partial charge in [-0.25, -0.2) is 4.98 Å². The first-order valence-electron chi connectivity index (χ1n) is 6.91. The van der Waals surface area contributed by atoms with Crippen LogP contribution in [0, 0.1) is 13.8 Å². The van der Waals surface area contributed by atoms with Crippen molar-refractivity contribution in [1.82, 2.24) is 9.55 Å². The Bertz CT molecular complexity index is 739. The van der Waals surface area contributed by atoms with Crippen molar-refractivity contribution >= 4 is 27.2 Å². The molecule has 4 heteroatoms. The van der Waals surface area contributed by atoms with Crippen LogP contribution in [0.4, 0.5) is 5.69 Å². The fourth-order valence-corrected chi connectivity index (χ4v) is 3.42. The molecule has 0 atom stereocenters. The standard InChI is InChI=1S/C16H19N3S/c1-4-19-11(2)7-13(12(19)3)9-17-14-5-6-15-16(8-14)20-10-18-15/h5-8,10,17H,4,9H2,1-3H3. The fraction of sp³-hybridized carbons (Fsp3) is 0.312. The summed E-state index contributed by atoms with van der Waals surface area (Å²) in [5, 5.41) is 3.51. The molecule has 3 nitrogen and oxygen atoms in total. The lowest BCUT2D eigenvalue weighted by Crippen LogP contribution is -2.03. The van der Waals surface area contributed by atoms with Gasteiger partial charge in [0.15, 0.2) is 0 Å². The van der Waals surface area contributed by atoms with Crippen molar-refractivity contribution < 1.29 is 0 Å². The van der Waals surface area contributed by atoms with E-state index in [-0.39, 0.29) is 0 Å². The summed E-state index contributed by atoms with van der Waals surface area (Å²) in [4.78, 5) is 4.31. The second-order valence-corrected chi connectivity index (χ2v) is 5.92. The number of hydrogen-bond donors (Lipinski definition) is 1. The molecule has 1 N–H and O–H groups in total. The second-order valence-electron chi connectivity index (χ2n) is 5.03. The number of nitrogens with one attached hydrogen (secondary N) is 1. The number of thiazole rings is 1. The SMILES string of the molecule is CCn1c(C)cc(CNc2ccc3ncsc3c2)c1C. The van der Waals surface area contributed by atoms with E-state index in [1.54, 1.807) is 11.3 Å². The normalized spacial score (nSPS) is 11.2. The molecule has 0 bridgehead atoms. The Morgan fingerprint density at radius 1 is 1.25 bits per heavy atom. The van der Waals surface area contributed by atoms with Crippen LogP contribution in [-0.2, 0) is 13.1 Å². The monoisotopic (exact) mass is 285 g/mol. The number of anilines is 1. The summed E-state index contributed by atoms with van der Waals surface area (Å²) in [5.74, 6) is 0. The average molecular weight is 285 g/mol. The van der Waals surface area contributed by atoms with Gasteiger partial charge < -0.3 is 9.88 Å². The smallest absolute Gasteiger partial charge is 0.0813 e. The van der Waals surface area contributed by atoms with Gasteiger partial charge in [-0.15, -0.1) is 11.3 Å². The van der Waals surface area contributed by atoms with E-state index in [2.05, 4.69) is 59.9 Å². The maximum absolute atomic E-state index is 4.31. The highest BCUT2D eigenvalue weighted by molar-refractivity contribution is 7.16. The van der Waals surface area contributed by atoms with Gasteiger partial charge in [-0.2, -0.15) is 0 Å². The van der Waals surface area contributed by atoms with E-state index in [9.17, 15) is 0 Å². The van der Waals surface area contributed by atoms with Crippen LogP contribution in [0.15, 0.2) is 29.8 Å². The van der Waals surface area contributed by atoms with Gasteiger partial charge in [0.25, 0.3) is 0 Å². The van der Waals surface area contributed by atoms with E-state index in [0.717, 1.165) is 24.3 Å². The number of nitrogens with zero attached hydrogens (tertiary/aromatic N) is 2. The molecule has 0 saturated carbocycles. The Labute approximate surface area is 123 Å². The highest BCUT2D eigenvalue weighted by atomic mass is 32.1. The highest BCUT2D eigenvalue weighted by Crippen LogP contribution is 2.23. The molecule has 3 aromatic rings. The van der Waals surface area contributed by atoms with Gasteiger partial charge >= 0.3 is 0 Å².